The number of aromatic nitrogens is 1. The van der Waals surface area contributed by atoms with Gasteiger partial charge in [-0.15, -0.1) is 23.1 Å². The second-order valence-corrected chi connectivity index (χ2v) is 8.34. The van der Waals surface area contributed by atoms with Crippen molar-refractivity contribution >= 4 is 63.2 Å². The highest BCUT2D eigenvalue weighted by Gasteiger charge is 2.12. The van der Waals surface area contributed by atoms with Crippen LogP contribution in [0.15, 0.2) is 45.0 Å². The molecule has 2 heterocycles. The van der Waals surface area contributed by atoms with Crippen LogP contribution in [0.1, 0.15) is 12.7 Å². The fraction of sp³-hybridized carbons (Fsp3) is 0.167. The van der Waals surface area contributed by atoms with Crippen LogP contribution in [-0.4, -0.2) is 22.6 Å². The van der Waals surface area contributed by atoms with Crippen molar-refractivity contribution in [1.29, 1.82) is 0 Å². The highest BCUT2D eigenvalue weighted by atomic mass is 35.5. The van der Waals surface area contributed by atoms with Gasteiger partial charge in [-0.3, -0.25) is 9.59 Å². The van der Waals surface area contributed by atoms with Gasteiger partial charge in [0.1, 0.15) is 11.5 Å². The first-order chi connectivity index (χ1) is 13.4. The normalized spacial score (nSPS) is 10.7. The number of rotatable bonds is 7. The Morgan fingerprint density at radius 2 is 2.07 bits per heavy atom. The van der Waals surface area contributed by atoms with E-state index in [1.165, 1.54) is 30.0 Å². The summed E-state index contributed by atoms with van der Waals surface area (Å²) in [6, 6.07) is 8.66. The highest BCUT2D eigenvalue weighted by Crippen LogP contribution is 2.30. The van der Waals surface area contributed by atoms with Crippen molar-refractivity contribution < 1.29 is 14.0 Å². The molecular formula is C18H15Cl2N3O3S2. The number of thioether (sulfide) groups is 1. The molecule has 6 nitrogen and oxygen atoms in total. The molecule has 2 amide bonds. The standard InChI is InChI=1S/C18H15Cl2N3O3S2/c1-10(24)21-7-12-3-5-15(26-12)14-8-28-18(22-14)23-17(25)9-27-16-6-11(19)2-4-13(16)20/h2-6,8H,7,9H2,1H3,(H,21,24)(H,22,23,25). The zero-order chi connectivity index (χ0) is 20.1. The predicted molar refractivity (Wildman–Crippen MR) is 113 cm³/mol. The molecule has 0 saturated carbocycles. The molecule has 0 aliphatic heterocycles. The lowest BCUT2D eigenvalue weighted by atomic mass is 10.3. The van der Waals surface area contributed by atoms with Crippen molar-refractivity contribution in [2.75, 3.05) is 11.1 Å². The second kappa shape index (κ2) is 9.47. The number of benzene rings is 1. The zero-order valence-corrected chi connectivity index (χ0v) is 17.8. The van der Waals surface area contributed by atoms with Gasteiger partial charge >= 0.3 is 0 Å². The Bertz CT molecular complexity index is 1000. The minimum atomic E-state index is -0.201. The average molecular weight is 456 g/mol. The molecular weight excluding hydrogens is 441 g/mol. The Morgan fingerprint density at radius 3 is 2.86 bits per heavy atom. The average Bonchev–Trinajstić information content (AvgIpc) is 3.30. The number of halogens is 2. The summed E-state index contributed by atoms with van der Waals surface area (Å²) in [5.41, 5.74) is 0.611. The van der Waals surface area contributed by atoms with Gasteiger partial charge in [-0.05, 0) is 30.3 Å². The molecule has 0 saturated heterocycles. The third kappa shape index (κ3) is 5.75. The summed E-state index contributed by atoms with van der Waals surface area (Å²) in [4.78, 5) is 28.2. The van der Waals surface area contributed by atoms with Crippen molar-refractivity contribution in [3.63, 3.8) is 0 Å². The van der Waals surface area contributed by atoms with Crippen LogP contribution < -0.4 is 10.6 Å². The smallest absolute Gasteiger partial charge is 0.236 e. The summed E-state index contributed by atoms with van der Waals surface area (Å²) in [5.74, 6) is 1.04. The number of hydrogen-bond acceptors (Lipinski definition) is 6. The van der Waals surface area contributed by atoms with Gasteiger partial charge in [0, 0.05) is 22.2 Å². The van der Waals surface area contributed by atoms with E-state index in [1.54, 1.807) is 35.7 Å². The number of carbonyl (C=O) groups is 2. The molecule has 0 fully saturated rings. The maximum atomic E-state index is 12.2. The first kappa shape index (κ1) is 20.7. The van der Waals surface area contributed by atoms with Gasteiger partial charge in [-0.25, -0.2) is 4.98 Å². The lowest BCUT2D eigenvalue weighted by Gasteiger charge is -2.04. The van der Waals surface area contributed by atoms with Crippen LogP contribution in [0.2, 0.25) is 10.0 Å². The molecule has 0 aliphatic carbocycles. The number of nitrogens with zero attached hydrogens (tertiary/aromatic N) is 1. The van der Waals surface area contributed by atoms with E-state index in [-0.39, 0.29) is 17.6 Å². The summed E-state index contributed by atoms with van der Waals surface area (Å²) < 4.78 is 5.65. The van der Waals surface area contributed by atoms with Gasteiger partial charge in [0.15, 0.2) is 10.9 Å². The molecule has 0 bridgehead atoms. The molecule has 3 rings (SSSR count). The van der Waals surface area contributed by atoms with Crippen LogP contribution in [0.4, 0.5) is 5.13 Å². The van der Waals surface area contributed by atoms with Crippen molar-refractivity contribution in [2.45, 2.75) is 18.4 Å². The van der Waals surface area contributed by atoms with Crippen LogP contribution >= 0.6 is 46.3 Å². The van der Waals surface area contributed by atoms with Crippen LogP contribution in [-0.2, 0) is 16.1 Å². The molecule has 28 heavy (non-hydrogen) atoms. The number of thiazole rings is 1. The molecule has 0 radical (unpaired) electrons. The zero-order valence-electron chi connectivity index (χ0n) is 14.6. The fourth-order valence-corrected chi connectivity index (χ4v) is 4.16. The number of carbonyl (C=O) groups excluding carboxylic acids is 2. The van der Waals surface area contributed by atoms with E-state index < -0.39 is 0 Å². The summed E-state index contributed by atoms with van der Waals surface area (Å²) in [6.07, 6.45) is 0. The van der Waals surface area contributed by atoms with E-state index in [0.717, 1.165) is 4.90 Å². The van der Waals surface area contributed by atoms with Gasteiger partial charge in [0.05, 0.1) is 17.3 Å². The van der Waals surface area contributed by atoms with E-state index >= 15 is 0 Å². The topological polar surface area (TPSA) is 84.2 Å². The lowest BCUT2D eigenvalue weighted by Crippen LogP contribution is -2.18. The summed E-state index contributed by atoms with van der Waals surface area (Å²) in [7, 11) is 0. The minimum Gasteiger partial charge on any atom is -0.458 e. The molecule has 3 aromatic rings. The number of hydrogen-bond donors (Lipinski definition) is 2. The predicted octanol–water partition coefficient (Wildman–Crippen LogP) is 5.08. The number of nitrogens with one attached hydrogen (secondary N) is 2. The van der Waals surface area contributed by atoms with E-state index in [4.69, 9.17) is 27.6 Å². The van der Waals surface area contributed by atoms with Gasteiger partial charge in [0.2, 0.25) is 11.8 Å². The summed E-state index contributed by atoms with van der Waals surface area (Å²) >= 11 is 14.6. The third-order valence-electron chi connectivity index (χ3n) is 3.43. The quantitative estimate of drug-likeness (QED) is 0.485. The molecule has 10 heteroatoms. The van der Waals surface area contributed by atoms with Crippen LogP contribution in [0.5, 0.6) is 0 Å². The Kier molecular flexibility index (Phi) is 7.01. The van der Waals surface area contributed by atoms with Crippen molar-refractivity contribution in [3.8, 4) is 11.5 Å². The van der Waals surface area contributed by atoms with Crippen LogP contribution in [0.25, 0.3) is 11.5 Å². The van der Waals surface area contributed by atoms with Crippen molar-refractivity contribution in [1.82, 2.24) is 10.3 Å². The maximum Gasteiger partial charge on any atom is 0.236 e. The van der Waals surface area contributed by atoms with E-state index in [2.05, 4.69) is 15.6 Å². The molecule has 0 atom stereocenters. The number of amides is 2. The Hall–Kier alpha value is -2.00. The lowest BCUT2D eigenvalue weighted by molar-refractivity contribution is -0.119. The van der Waals surface area contributed by atoms with E-state index in [0.29, 0.717) is 38.9 Å². The Labute approximate surface area is 179 Å². The monoisotopic (exact) mass is 455 g/mol. The van der Waals surface area contributed by atoms with E-state index in [1.807, 2.05) is 0 Å². The molecule has 0 spiro atoms. The van der Waals surface area contributed by atoms with Crippen LogP contribution in [0.3, 0.4) is 0 Å². The number of anilines is 1. The van der Waals surface area contributed by atoms with Gasteiger partial charge in [0.25, 0.3) is 0 Å². The van der Waals surface area contributed by atoms with Crippen LogP contribution in [0, 0.1) is 0 Å². The van der Waals surface area contributed by atoms with Crippen molar-refractivity contribution in [3.05, 3.63) is 51.5 Å². The van der Waals surface area contributed by atoms with E-state index in [9.17, 15) is 9.59 Å². The van der Waals surface area contributed by atoms with Gasteiger partial charge in [-0.2, -0.15) is 0 Å². The fourth-order valence-electron chi connectivity index (χ4n) is 2.15. The van der Waals surface area contributed by atoms with Crippen molar-refractivity contribution in [2.24, 2.45) is 0 Å². The maximum absolute atomic E-state index is 12.2. The minimum absolute atomic E-state index is 0.131. The first-order valence-electron chi connectivity index (χ1n) is 8.07. The molecule has 146 valence electrons. The molecule has 2 N–H and O–H groups in total. The Morgan fingerprint density at radius 1 is 1.25 bits per heavy atom. The highest BCUT2D eigenvalue weighted by molar-refractivity contribution is 8.00. The first-order valence-corrected chi connectivity index (χ1v) is 10.7. The van der Waals surface area contributed by atoms with Gasteiger partial charge < -0.3 is 15.1 Å². The third-order valence-corrected chi connectivity index (χ3v) is 5.92. The molecule has 2 aromatic heterocycles. The summed E-state index contributed by atoms with van der Waals surface area (Å²) in [5, 5.41) is 8.79. The number of furan rings is 1. The Balaban J connectivity index is 1.56. The molecule has 1 aromatic carbocycles. The SMILES string of the molecule is CC(=O)NCc1ccc(-c2csc(NC(=O)CSc3cc(Cl)ccc3Cl)n2)o1. The molecule has 0 aliphatic rings. The van der Waals surface area contributed by atoms with Gasteiger partial charge in [-0.1, -0.05) is 23.2 Å². The molecule has 0 unspecified atom stereocenters. The summed E-state index contributed by atoms with van der Waals surface area (Å²) in [6.45, 7) is 1.75. The largest absolute Gasteiger partial charge is 0.458 e. The second-order valence-electron chi connectivity index (χ2n) is 5.63.